The molecule has 2 amide bonds. The van der Waals surface area contributed by atoms with Crippen LogP contribution >= 0.6 is 11.3 Å². The number of esters is 1. The molecule has 33 heavy (non-hydrogen) atoms. The molecule has 170 valence electrons. The summed E-state index contributed by atoms with van der Waals surface area (Å²) in [5, 5.41) is 2.28. The van der Waals surface area contributed by atoms with Crippen molar-refractivity contribution in [3.05, 3.63) is 71.2 Å². The van der Waals surface area contributed by atoms with Gasteiger partial charge in [-0.15, -0.1) is 11.3 Å². The van der Waals surface area contributed by atoms with E-state index >= 15 is 0 Å². The van der Waals surface area contributed by atoms with Crippen molar-refractivity contribution in [1.82, 2.24) is 4.98 Å². The lowest BCUT2D eigenvalue weighted by Crippen LogP contribution is -2.27. The molecule has 0 unspecified atom stereocenters. The van der Waals surface area contributed by atoms with Crippen LogP contribution in [0, 0.1) is 5.92 Å². The maximum absolute atomic E-state index is 12.7. The van der Waals surface area contributed by atoms with E-state index in [1.54, 1.807) is 10.3 Å². The molecule has 1 aromatic heterocycles. The highest BCUT2D eigenvalue weighted by Gasteiger charge is 2.36. The van der Waals surface area contributed by atoms with Crippen LogP contribution in [0.1, 0.15) is 31.5 Å². The maximum Gasteiger partial charge on any atom is 0.311 e. The summed E-state index contributed by atoms with van der Waals surface area (Å²) >= 11 is 1.31. The van der Waals surface area contributed by atoms with Gasteiger partial charge in [0.05, 0.1) is 17.3 Å². The van der Waals surface area contributed by atoms with Gasteiger partial charge in [0.2, 0.25) is 11.8 Å². The van der Waals surface area contributed by atoms with E-state index in [2.05, 4.69) is 4.98 Å². The number of rotatable bonds is 7. The van der Waals surface area contributed by atoms with Gasteiger partial charge in [0.15, 0.2) is 5.13 Å². The number of hydrogen-bond acceptors (Lipinski definition) is 6. The Bertz CT molecular complexity index is 1160. The lowest BCUT2D eigenvalue weighted by Gasteiger charge is -2.19. The van der Waals surface area contributed by atoms with Gasteiger partial charge in [0, 0.05) is 31.0 Å². The number of aryl methyl sites for hydroxylation is 1. The zero-order chi connectivity index (χ0) is 23.4. The third-order valence-electron chi connectivity index (χ3n) is 5.54. The SMILES string of the molecule is CCc1ccccc1N1C[C@H](C(=O)OCc2csc(N(C(C)=O)c3ccccc3)n2)CC1=O. The van der Waals surface area contributed by atoms with Crippen molar-refractivity contribution in [2.75, 3.05) is 16.3 Å². The van der Waals surface area contributed by atoms with E-state index < -0.39 is 11.9 Å². The maximum atomic E-state index is 12.7. The Hall–Kier alpha value is -3.52. The smallest absolute Gasteiger partial charge is 0.311 e. The first-order chi connectivity index (χ1) is 16.0. The number of ether oxygens (including phenoxy) is 1. The second kappa shape index (κ2) is 9.95. The van der Waals surface area contributed by atoms with Crippen LogP contribution < -0.4 is 9.80 Å². The summed E-state index contributed by atoms with van der Waals surface area (Å²) in [6.45, 7) is 3.82. The standard InChI is InChI=1S/C25H25N3O4S/c1-3-18-9-7-8-12-22(18)27-14-19(13-23(27)30)24(31)32-15-20-16-33-25(26-20)28(17(2)29)21-10-5-4-6-11-21/h4-12,16,19H,3,13-15H2,1-2H3/t19-/m1/s1. The highest BCUT2D eigenvalue weighted by molar-refractivity contribution is 7.14. The molecule has 8 heteroatoms. The average Bonchev–Trinajstić information content (AvgIpc) is 3.44. The Morgan fingerprint density at radius 2 is 1.88 bits per heavy atom. The molecule has 7 nitrogen and oxygen atoms in total. The normalized spacial score (nSPS) is 15.5. The first kappa shape index (κ1) is 22.7. The fourth-order valence-electron chi connectivity index (χ4n) is 3.90. The van der Waals surface area contributed by atoms with E-state index in [0.29, 0.717) is 17.4 Å². The summed E-state index contributed by atoms with van der Waals surface area (Å²) < 4.78 is 5.48. The molecular formula is C25H25N3O4S. The van der Waals surface area contributed by atoms with Crippen molar-refractivity contribution in [3.8, 4) is 0 Å². The fourth-order valence-corrected chi connectivity index (χ4v) is 4.78. The van der Waals surface area contributed by atoms with Gasteiger partial charge in [-0.25, -0.2) is 4.98 Å². The molecule has 0 bridgehead atoms. The first-order valence-electron chi connectivity index (χ1n) is 10.8. The summed E-state index contributed by atoms with van der Waals surface area (Å²) in [5.41, 5.74) is 3.21. The second-order valence-electron chi connectivity index (χ2n) is 7.81. The number of carbonyl (C=O) groups excluding carboxylic acids is 3. The fraction of sp³-hybridized carbons (Fsp3) is 0.280. The number of para-hydroxylation sites is 2. The first-order valence-corrected chi connectivity index (χ1v) is 11.7. The molecule has 1 saturated heterocycles. The van der Waals surface area contributed by atoms with Crippen LogP contribution in [0.5, 0.6) is 0 Å². The molecule has 4 rings (SSSR count). The topological polar surface area (TPSA) is 79.8 Å². The summed E-state index contributed by atoms with van der Waals surface area (Å²) in [5.74, 6) is -1.16. The number of aromatic nitrogens is 1. The Balaban J connectivity index is 1.39. The van der Waals surface area contributed by atoms with Crippen molar-refractivity contribution in [2.45, 2.75) is 33.3 Å². The van der Waals surface area contributed by atoms with Gasteiger partial charge in [0.25, 0.3) is 0 Å². The minimum absolute atomic E-state index is 0.00783. The summed E-state index contributed by atoms with van der Waals surface area (Å²) in [7, 11) is 0. The molecule has 3 aromatic rings. The molecule has 1 aliphatic heterocycles. The highest BCUT2D eigenvalue weighted by Crippen LogP contribution is 2.31. The van der Waals surface area contributed by atoms with Gasteiger partial charge < -0.3 is 9.64 Å². The zero-order valence-electron chi connectivity index (χ0n) is 18.6. The molecule has 0 radical (unpaired) electrons. The van der Waals surface area contributed by atoms with Crippen LogP contribution in [0.15, 0.2) is 60.0 Å². The minimum Gasteiger partial charge on any atom is -0.459 e. The summed E-state index contributed by atoms with van der Waals surface area (Å²) in [6, 6.07) is 17.0. The summed E-state index contributed by atoms with van der Waals surface area (Å²) in [6.07, 6.45) is 0.937. The van der Waals surface area contributed by atoms with E-state index in [9.17, 15) is 14.4 Å². The number of carbonyl (C=O) groups is 3. The molecule has 2 heterocycles. The zero-order valence-corrected chi connectivity index (χ0v) is 19.4. The van der Waals surface area contributed by atoms with E-state index in [-0.39, 0.29) is 24.8 Å². The third kappa shape index (κ3) is 4.96. The van der Waals surface area contributed by atoms with E-state index in [1.165, 1.54) is 23.2 Å². The van der Waals surface area contributed by atoms with Crippen LogP contribution in [-0.4, -0.2) is 29.3 Å². The van der Waals surface area contributed by atoms with Gasteiger partial charge in [-0.05, 0) is 30.2 Å². The predicted molar refractivity (Wildman–Crippen MR) is 127 cm³/mol. The Kier molecular flexibility index (Phi) is 6.84. The van der Waals surface area contributed by atoms with Gasteiger partial charge in [0.1, 0.15) is 6.61 Å². The van der Waals surface area contributed by atoms with Crippen LogP contribution in [0.3, 0.4) is 0 Å². The second-order valence-corrected chi connectivity index (χ2v) is 8.64. The number of benzene rings is 2. The number of nitrogens with zero attached hydrogens (tertiary/aromatic N) is 3. The Labute approximate surface area is 196 Å². The molecule has 0 saturated carbocycles. The number of hydrogen-bond donors (Lipinski definition) is 0. The van der Waals surface area contributed by atoms with Crippen molar-refractivity contribution >= 4 is 45.6 Å². The quantitative estimate of drug-likeness (QED) is 0.483. The van der Waals surface area contributed by atoms with E-state index in [1.807, 2.05) is 61.5 Å². The van der Waals surface area contributed by atoms with Crippen molar-refractivity contribution in [3.63, 3.8) is 0 Å². The van der Waals surface area contributed by atoms with Gasteiger partial charge in [-0.2, -0.15) is 0 Å². The van der Waals surface area contributed by atoms with E-state index in [0.717, 1.165) is 23.4 Å². The third-order valence-corrected chi connectivity index (χ3v) is 6.42. The molecule has 1 fully saturated rings. The van der Waals surface area contributed by atoms with E-state index in [4.69, 9.17) is 4.74 Å². The van der Waals surface area contributed by atoms with Crippen LogP contribution in [0.25, 0.3) is 0 Å². The van der Waals surface area contributed by atoms with Gasteiger partial charge in [-0.3, -0.25) is 19.3 Å². The Morgan fingerprint density at radius 3 is 2.61 bits per heavy atom. The largest absolute Gasteiger partial charge is 0.459 e. The molecule has 2 aromatic carbocycles. The average molecular weight is 464 g/mol. The molecule has 0 N–H and O–H groups in total. The lowest BCUT2D eigenvalue weighted by molar-refractivity contribution is -0.149. The van der Waals surface area contributed by atoms with Crippen molar-refractivity contribution in [2.24, 2.45) is 5.92 Å². The molecule has 1 aliphatic rings. The lowest BCUT2D eigenvalue weighted by atomic mass is 10.1. The molecule has 0 aliphatic carbocycles. The van der Waals surface area contributed by atoms with Crippen molar-refractivity contribution in [1.29, 1.82) is 0 Å². The molecular weight excluding hydrogens is 438 g/mol. The van der Waals surface area contributed by atoms with Crippen LogP contribution in [0.4, 0.5) is 16.5 Å². The minimum atomic E-state index is -0.515. The number of anilines is 3. The summed E-state index contributed by atoms with van der Waals surface area (Å²) in [4.78, 5) is 45.1. The van der Waals surface area contributed by atoms with Crippen LogP contribution in [0.2, 0.25) is 0 Å². The Morgan fingerprint density at radius 1 is 1.15 bits per heavy atom. The van der Waals surface area contributed by atoms with Crippen LogP contribution in [-0.2, 0) is 32.1 Å². The highest BCUT2D eigenvalue weighted by atomic mass is 32.1. The van der Waals surface area contributed by atoms with Gasteiger partial charge in [-0.1, -0.05) is 43.3 Å². The predicted octanol–water partition coefficient (Wildman–Crippen LogP) is 4.49. The van der Waals surface area contributed by atoms with Crippen molar-refractivity contribution < 1.29 is 19.1 Å². The number of thiazole rings is 1. The molecule has 1 atom stereocenters. The number of amides is 2. The monoisotopic (exact) mass is 463 g/mol. The molecule has 0 spiro atoms. The van der Waals surface area contributed by atoms with Gasteiger partial charge >= 0.3 is 5.97 Å².